The third kappa shape index (κ3) is 55.7. The highest BCUT2D eigenvalue weighted by molar-refractivity contribution is 7.47. The minimum absolute atomic E-state index is 0.101. The highest BCUT2D eigenvalue weighted by atomic mass is 31.2. The second kappa shape index (κ2) is 53.5. The van der Waals surface area contributed by atoms with Crippen LogP contribution in [0.25, 0.3) is 0 Å². The predicted octanol–water partition coefficient (Wildman–Crippen LogP) is 16.7. The fraction of sp³-hybridized carbons (Fsp3) is 0.935. The van der Waals surface area contributed by atoms with E-state index < -0.39 is 97.5 Å². The highest BCUT2D eigenvalue weighted by Gasteiger charge is 2.30. The van der Waals surface area contributed by atoms with Crippen molar-refractivity contribution < 1.29 is 80.2 Å². The Kier molecular flexibility index (Phi) is 52.2. The molecule has 0 aromatic heterocycles. The Hall–Kier alpha value is -1.94. The lowest BCUT2D eigenvalue weighted by molar-refractivity contribution is -0.161. The molecule has 0 saturated heterocycles. The standard InChI is InChI=1S/C62H120O17P2/c1-8-10-11-12-13-14-15-16-17-20-31-38-45-61(66)78-57(49-72-59(64)43-36-29-21-18-19-26-33-40-53(3)4)51-76-80(68,69)74-47-56(63)48-75-81(70,71)77-52-58(50-73-60(65)44-37-30-24-22-27-34-41-54(5)6)79-62(67)46-39-32-25-23-28-35-42-55(7)9-2/h53-58,63H,8-52H2,1-7H3,(H,68,69)(H,70,71)/t55?,56-,57-,58-/m1/s1. The van der Waals surface area contributed by atoms with Crippen molar-refractivity contribution in [3.05, 3.63) is 0 Å². The number of aliphatic hydroxyl groups is 1. The maximum atomic E-state index is 12.9. The molecular formula is C62H120O17P2. The molecule has 0 fully saturated rings. The smallest absolute Gasteiger partial charge is 0.462 e. The minimum Gasteiger partial charge on any atom is -0.462 e. The molecular weight excluding hydrogens is 1080 g/mol. The first kappa shape index (κ1) is 79.1. The third-order valence-electron chi connectivity index (χ3n) is 14.5. The number of aliphatic hydroxyl groups excluding tert-OH is 1. The van der Waals surface area contributed by atoms with Crippen LogP contribution in [0.2, 0.25) is 0 Å². The summed E-state index contributed by atoms with van der Waals surface area (Å²) in [6.07, 6.45) is 33.7. The Bertz CT molecular complexity index is 1620. The van der Waals surface area contributed by atoms with Crippen LogP contribution in [0.1, 0.15) is 299 Å². The number of carbonyl (C=O) groups excluding carboxylic acids is 4. The van der Waals surface area contributed by atoms with Crippen LogP contribution in [0, 0.1) is 17.8 Å². The lowest BCUT2D eigenvalue weighted by Gasteiger charge is -2.21. The fourth-order valence-electron chi connectivity index (χ4n) is 9.09. The van der Waals surface area contributed by atoms with Gasteiger partial charge in [-0.2, -0.15) is 0 Å². The quantitative estimate of drug-likeness (QED) is 0.0222. The number of carbonyl (C=O) groups is 4. The van der Waals surface area contributed by atoms with E-state index in [-0.39, 0.29) is 25.7 Å². The molecule has 6 atom stereocenters. The molecule has 0 saturated carbocycles. The lowest BCUT2D eigenvalue weighted by atomic mass is 10.00. The van der Waals surface area contributed by atoms with Crippen LogP contribution in [0.3, 0.4) is 0 Å². The summed E-state index contributed by atoms with van der Waals surface area (Å²) in [7, 11) is -9.88. The van der Waals surface area contributed by atoms with Crippen molar-refractivity contribution in [3.63, 3.8) is 0 Å². The SMILES string of the molecule is CCCCCCCCCCCCCCC(=O)O[C@H](COC(=O)CCCCCCCCCC(C)C)COP(=O)(O)OC[C@@H](O)COP(=O)(O)OC[C@@H](COC(=O)CCCCCCCCC(C)C)OC(=O)CCCCCCCCC(C)CC. The Labute approximate surface area is 492 Å². The van der Waals surface area contributed by atoms with Crippen molar-refractivity contribution in [2.75, 3.05) is 39.6 Å². The van der Waals surface area contributed by atoms with Gasteiger partial charge in [0.2, 0.25) is 0 Å². The van der Waals surface area contributed by atoms with Gasteiger partial charge in [-0.05, 0) is 43.4 Å². The van der Waals surface area contributed by atoms with Gasteiger partial charge in [0.15, 0.2) is 12.2 Å². The number of phosphoric acid groups is 2. The number of hydrogen-bond acceptors (Lipinski definition) is 15. The van der Waals surface area contributed by atoms with Crippen molar-refractivity contribution in [1.29, 1.82) is 0 Å². The van der Waals surface area contributed by atoms with Gasteiger partial charge in [-0.15, -0.1) is 0 Å². The average Bonchev–Trinajstić information content (AvgIpc) is 3.42. The normalized spacial score (nSPS) is 14.8. The number of phosphoric ester groups is 2. The van der Waals surface area contributed by atoms with Crippen molar-refractivity contribution >= 4 is 39.5 Å². The molecule has 0 spiro atoms. The first-order chi connectivity index (χ1) is 38.8. The number of esters is 4. The van der Waals surface area contributed by atoms with E-state index in [9.17, 15) is 43.2 Å². The van der Waals surface area contributed by atoms with Crippen molar-refractivity contribution in [1.82, 2.24) is 0 Å². The van der Waals surface area contributed by atoms with Crippen LogP contribution in [-0.4, -0.2) is 96.7 Å². The van der Waals surface area contributed by atoms with Crippen LogP contribution in [0.15, 0.2) is 0 Å². The molecule has 0 rings (SSSR count). The molecule has 0 aromatic rings. The second-order valence-corrected chi connectivity index (χ2v) is 26.5. The Morgan fingerprint density at radius 2 is 0.630 bits per heavy atom. The molecule has 17 nitrogen and oxygen atoms in total. The molecule has 0 aliphatic carbocycles. The molecule has 19 heteroatoms. The van der Waals surface area contributed by atoms with Gasteiger partial charge in [0, 0.05) is 25.7 Å². The molecule has 81 heavy (non-hydrogen) atoms. The van der Waals surface area contributed by atoms with E-state index in [0.717, 1.165) is 109 Å². The number of ether oxygens (including phenoxy) is 4. The lowest BCUT2D eigenvalue weighted by Crippen LogP contribution is -2.30. The van der Waals surface area contributed by atoms with Gasteiger partial charge in [0.05, 0.1) is 26.4 Å². The summed E-state index contributed by atoms with van der Waals surface area (Å²) in [6, 6.07) is 0. The number of hydrogen-bond donors (Lipinski definition) is 3. The van der Waals surface area contributed by atoms with Crippen LogP contribution < -0.4 is 0 Å². The van der Waals surface area contributed by atoms with Gasteiger partial charge in [-0.3, -0.25) is 37.3 Å². The summed E-state index contributed by atoms with van der Waals surface area (Å²) in [5, 5.41) is 10.5. The first-order valence-electron chi connectivity index (χ1n) is 32.4. The molecule has 0 bridgehead atoms. The molecule has 0 aliphatic heterocycles. The van der Waals surface area contributed by atoms with Crippen LogP contribution in [0.4, 0.5) is 0 Å². The van der Waals surface area contributed by atoms with E-state index in [1.165, 1.54) is 96.3 Å². The molecule has 0 aromatic carbocycles. The predicted molar refractivity (Wildman–Crippen MR) is 321 cm³/mol. The van der Waals surface area contributed by atoms with Crippen molar-refractivity contribution in [3.8, 4) is 0 Å². The van der Waals surface area contributed by atoms with E-state index in [1.54, 1.807) is 0 Å². The van der Waals surface area contributed by atoms with Gasteiger partial charge >= 0.3 is 39.5 Å². The number of rotatable bonds is 60. The van der Waals surface area contributed by atoms with E-state index >= 15 is 0 Å². The van der Waals surface area contributed by atoms with Gasteiger partial charge in [-0.25, -0.2) is 9.13 Å². The molecule has 480 valence electrons. The Balaban J connectivity index is 5.25. The Morgan fingerprint density at radius 3 is 0.938 bits per heavy atom. The Morgan fingerprint density at radius 1 is 0.358 bits per heavy atom. The zero-order chi connectivity index (χ0) is 60.3. The summed E-state index contributed by atoms with van der Waals surface area (Å²) in [6.45, 7) is 11.6. The van der Waals surface area contributed by atoms with Crippen LogP contribution >= 0.6 is 15.6 Å². The summed E-state index contributed by atoms with van der Waals surface area (Å²) < 4.78 is 67.9. The summed E-state index contributed by atoms with van der Waals surface area (Å²) in [5.74, 6) is -0.0379. The van der Waals surface area contributed by atoms with Gasteiger partial charge < -0.3 is 33.8 Å². The van der Waals surface area contributed by atoms with Crippen LogP contribution in [0.5, 0.6) is 0 Å². The average molecular weight is 1200 g/mol. The molecule has 0 radical (unpaired) electrons. The third-order valence-corrected chi connectivity index (χ3v) is 16.4. The van der Waals surface area contributed by atoms with E-state index in [4.69, 9.17) is 37.0 Å². The summed E-state index contributed by atoms with van der Waals surface area (Å²) in [5.41, 5.74) is 0. The fourth-order valence-corrected chi connectivity index (χ4v) is 10.7. The second-order valence-electron chi connectivity index (χ2n) is 23.6. The number of unbranched alkanes of at least 4 members (excludes halogenated alkanes) is 27. The van der Waals surface area contributed by atoms with Crippen molar-refractivity contribution in [2.45, 2.75) is 317 Å². The minimum atomic E-state index is -4.94. The molecule has 0 amide bonds. The van der Waals surface area contributed by atoms with Gasteiger partial charge in [0.1, 0.15) is 19.3 Å². The highest BCUT2D eigenvalue weighted by Crippen LogP contribution is 2.45. The van der Waals surface area contributed by atoms with Gasteiger partial charge in [-0.1, -0.05) is 248 Å². The molecule has 0 heterocycles. The van der Waals surface area contributed by atoms with Crippen molar-refractivity contribution in [2.24, 2.45) is 17.8 Å². The maximum absolute atomic E-state index is 12.9. The van der Waals surface area contributed by atoms with E-state index in [1.807, 2.05) is 0 Å². The monoisotopic (exact) mass is 1200 g/mol. The maximum Gasteiger partial charge on any atom is 0.472 e. The topological polar surface area (TPSA) is 237 Å². The molecule has 3 unspecified atom stereocenters. The zero-order valence-electron chi connectivity index (χ0n) is 52.2. The van der Waals surface area contributed by atoms with Crippen LogP contribution in [-0.2, 0) is 65.4 Å². The largest absolute Gasteiger partial charge is 0.472 e. The van der Waals surface area contributed by atoms with E-state index in [2.05, 4.69) is 48.5 Å². The van der Waals surface area contributed by atoms with E-state index in [0.29, 0.717) is 37.5 Å². The first-order valence-corrected chi connectivity index (χ1v) is 35.4. The zero-order valence-corrected chi connectivity index (χ0v) is 54.0. The molecule has 0 aliphatic rings. The summed E-state index contributed by atoms with van der Waals surface area (Å²) >= 11 is 0. The molecule has 3 N–H and O–H groups in total. The van der Waals surface area contributed by atoms with Gasteiger partial charge in [0.25, 0.3) is 0 Å². The summed E-state index contributed by atoms with van der Waals surface area (Å²) in [4.78, 5) is 72.1.